The third-order valence-electron chi connectivity index (χ3n) is 1.43. The number of alkyl halides is 3. The maximum atomic E-state index is 11.9. The van der Waals surface area contributed by atoms with Crippen LogP contribution < -0.4 is 0 Å². The van der Waals surface area contributed by atoms with Crippen LogP contribution >= 0.6 is 33.2 Å². The number of ether oxygens (including phenoxy) is 1. The van der Waals surface area contributed by atoms with Gasteiger partial charge in [0.25, 0.3) is 0 Å². The number of rotatable bonds is 5. The van der Waals surface area contributed by atoms with Crippen molar-refractivity contribution < 1.29 is 17.9 Å². The van der Waals surface area contributed by atoms with Crippen LogP contribution in [0, 0.1) is 0 Å². The summed E-state index contributed by atoms with van der Waals surface area (Å²) in [6.45, 7) is 0.911. The molecule has 0 heterocycles. The van der Waals surface area contributed by atoms with E-state index in [1.807, 2.05) is 0 Å². The standard InChI is InChI=1S/C6H10Cl3F3OSi/c1-5(6(10,11)12)13-3-2-4-14(7,8)9/h5H,2-4H2,1H3. The van der Waals surface area contributed by atoms with Crippen LogP contribution in [-0.2, 0) is 4.74 Å². The molecule has 0 spiro atoms. The highest BCUT2D eigenvalue weighted by Gasteiger charge is 2.36. The van der Waals surface area contributed by atoms with Gasteiger partial charge in [0, 0.05) is 6.61 Å². The van der Waals surface area contributed by atoms with Crippen molar-refractivity contribution in [1.29, 1.82) is 0 Å². The maximum Gasteiger partial charge on any atom is 0.414 e. The number of halogens is 6. The van der Waals surface area contributed by atoms with Crippen LogP contribution in [0.2, 0.25) is 6.04 Å². The van der Waals surface area contributed by atoms with Gasteiger partial charge < -0.3 is 4.74 Å². The minimum Gasteiger partial charge on any atom is -0.369 e. The van der Waals surface area contributed by atoms with E-state index in [0.29, 0.717) is 12.5 Å². The summed E-state index contributed by atoms with van der Waals surface area (Å²) in [5.41, 5.74) is 0. The van der Waals surface area contributed by atoms with Crippen molar-refractivity contribution in [3.05, 3.63) is 0 Å². The second kappa shape index (κ2) is 5.79. The van der Waals surface area contributed by atoms with E-state index in [9.17, 15) is 13.2 Å². The molecule has 0 N–H and O–H groups in total. The van der Waals surface area contributed by atoms with E-state index in [1.54, 1.807) is 0 Å². The van der Waals surface area contributed by atoms with Crippen LogP contribution in [0.25, 0.3) is 0 Å². The molecule has 1 unspecified atom stereocenters. The monoisotopic (exact) mass is 288 g/mol. The molecule has 1 nitrogen and oxygen atoms in total. The van der Waals surface area contributed by atoms with E-state index in [-0.39, 0.29) is 6.61 Å². The lowest BCUT2D eigenvalue weighted by Gasteiger charge is -2.16. The van der Waals surface area contributed by atoms with Gasteiger partial charge in [0.05, 0.1) is 0 Å². The molecule has 0 bridgehead atoms. The molecule has 0 fully saturated rings. The lowest BCUT2D eigenvalue weighted by atomic mass is 10.4. The maximum absolute atomic E-state index is 11.9. The lowest BCUT2D eigenvalue weighted by Crippen LogP contribution is -2.29. The van der Waals surface area contributed by atoms with Crippen molar-refractivity contribution in [2.75, 3.05) is 6.61 Å². The quantitative estimate of drug-likeness (QED) is 0.422. The van der Waals surface area contributed by atoms with Gasteiger partial charge in [-0.15, -0.1) is 33.2 Å². The van der Waals surface area contributed by atoms with Gasteiger partial charge in [-0.05, 0) is 19.4 Å². The minimum atomic E-state index is -4.32. The fraction of sp³-hybridized carbons (Fsp3) is 1.00. The molecule has 0 aliphatic carbocycles. The first-order valence-electron chi connectivity index (χ1n) is 3.88. The van der Waals surface area contributed by atoms with Gasteiger partial charge in [-0.2, -0.15) is 13.2 Å². The Balaban J connectivity index is 3.56. The zero-order chi connectivity index (χ0) is 11.4. The van der Waals surface area contributed by atoms with Crippen LogP contribution in [0.15, 0.2) is 0 Å². The molecule has 0 rings (SSSR count). The molecule has 0 aromatic carbocycles. The Kier molecular flexibility index (Phi) is 6.14. The molecule has 8 heteroatoms. The van der Waals surface area contributed by atoms with Gasteiger partial charge in [0.1, 0.15) is 0 Å². The second-order valence-electron chi connectivity index (χ2n) is 2.77. The zero-order valence-electron chi connectivity index (χ0n) is 7.37. The molecule has 1 atom stereocenters. The molecule has 14 heavy (non-hydrogen) atoms. The molecule has 0 aromatic heterocycles. The molecule has 0 aliphatic heterocycles. The van der Waals surface area contributed by atoms with Gasteiger partial charge >= 0.3 is 12.2 Å². The summed E-state index contributed by atoms with van der Waals surface area (Å²) in [6.07, 6.45) is -5.75. The van der Waals surface area contributed by atoms with Gasteiger partial charge in [0.2, 0.25) is 0 Å². The SMILES string of the molecule is CC(OCCC[Si](Cl)(Cl)Cl)C(F)(F)F. The summed E-state index contributed by atoms with van der Waals surface area (Å²) in [4.78, 5) is 0. The Morgan fingerprint density at radius 3 is 2.14 bits per heavy atom. The number of hydrogen-bond acceptors (Lipinski definition) is 1. The third-order valence-corrected chi connectivity index (χ3v) is 4.05. The summed E-state index contributed by atoms with van der Waals surface area (Å²) in [7, 11) is 0. The molecule has 0 aliphatic rings. The van der Waals surface area contributed by atoms with Crippen molar-refractivity contribution in [3.63, 3.8) is 0 Å². The van der Waals surface area contributed by atoms with Crippen LogP contribution in [0.3, 0.4) is 0 Å². The van der Waals surface area contributed by atoms with Gasteiger partial charge in [-0.3, -0.25) is 0 Å². The Bertz CT molecular complexity index is 171. The van der Waals surface area contributed by atoms with Gasteiger partial charge in [-0.1, -0.05) is 0 Å². The average Bonchev–Trinajstić information content (AvgIpc) is 1.93. The fourth-order valence-electron chi connectivity index (χ4n) is 0.627. The van der Waals surface area contributed by atoms with Crippen LogP contribution in [0.5, 0.6) is 0 Å². The molecule has 0 saturated carbocycles. The third kappa shape index (κ3) is 8.17. The largest absolute Gasteiger partial charge is 0.414 e. The average molecular weight is 290 g/mol. The topological polar surface area (TPSA) is 9.23 Å². The van der Waals surface area contributed by atoms with Gasteiger partial charge in [-0.25, -0.2) is 0 Å². The number of hydrogen-bond donors (Lipinski definition) is 0. The predicted molar refractivity (Wildman–Crippen MR) is 54.2 cm³/mol. The van der Waals surface area contributed by atoms with Crippen LogP contribution in [0.4, 0.5) is 13.2 Å². The van der Waals surface area contributed by atoms with Crippen LogP contribution in [-0.4, -0.2) is 24.9 Å². The first kappa shape index (κ1) is 14.8. The predicted octanol–water partition coefficient (Wildman–Crippen LogP) is 4.00. The fourth-order valence-corrected chi connectivity index (χ4v) is 2.38. The Labute approximate surface area is 95.6 Å². The lowest BCUT2D eigenvalue weighted by molar-refractivity contribution is -0.214. The summed E-state index contributed by atoms with van der Waals surface area (Å²) >= 11 is 16.6. The first-order valence-corrected chi connectivity index (χ1v) is 9.12. The van der Waals surface area contributed by atoms with Crippen molar-refractivity contribution in [3.8, 4) is 0 Å². The normalized spacial score (nSPS) is 15.6. The molecular weight excluding hydrogens is 280 g/mol. The summed E-state index contributed by atoms with van der Waals surface area (Å²) in [5, 5.41) is 0. The van der Waals surface area contributed by atoms with E-state index in [1.165, 1.54) is 0 Å². The highest BCUT2D eigenvalue weighted by Crippen LogP contribution is 2.27. The van der Waals surface area contributed by atoms with Crippen molar-refractivity contribution >= 4 is 39.2 Å². The first-order chi connectivity index (χ1) is 6.13. The molecule has 86 valence electrons. The van der Waals surface area contributed by atoms with Crippen molar-refractivity contribution in [1.82, 2.24) is 0 Å². The molecule has 0 saturated heterocycles. The van der Waals surface area contributed by atoms with Crippen LogP contribution in [0.1, 0.15) is 13.3 Å². The summed E-state index contributed by atoms with van der Waals surface area (Å²) in [6, 6.07) is -2.41. The van der Waals surface area contributed by atoms with Crippen molar-refractivity contribution in [2.24, 2.45) is 0 Å². The van der Waals surface area contributed by atoms with E-state index in [0.717, 1.165) is 6.92 Å². The summed E-state index contributed by atoms with van der Waals surface area (Å²) < 4.78 is 40.3. The molecular formula is C6H10Cl3F3OSi. The van der Waals surface area contributed by atoms with E-state index in [2.05, 4.69) is 4.74 Å². The smallest absolute Gasteiger partial charge is 0.369 e. The summed E-state index contributed by atoms with van der Waals surface area (Å²) in [5.74, 6) is 0. The van der Waals surface area contributed by atoms with E-state index < -0.39 is 18.3 Å². The Hall–Kier alpha value is 0.837. The molecule has 0 amide bonds. The zero-order valence-corrected chi connectivity index (χ0v) is 10.6. The molecule has 0 aromatic rings. The minimum absolute atomic E-state index is 0.0401. The Morgan fingerprint density at radius 2 is 1.79 bits per heavy atom. The highest BCUT2D eigenvalue weighted by atomic mass is 35.8. The van der Waals surface area contributed by atoms with Gasteiger partial charge in [0.15, 0.2) is 6.10 Å². The molecule has 0 radical (unpaired) electrons. The Morgan fingerprint density at radius 1 is 1.29 bits per heavy atom. The van der Waals surface area contributed by atoms with E-state index in [4.69, 9.17) is 33.2 Å². The highest BCUT2D eigenvalue weighted by molar-refractivity contribution is 7.64. The van der Waals surface area contributed by atoms with Crippen molar-refractivity contribution in [2.45, 2.75) is 31.7 Å². The van der Waals surface area contributed by atoms with E-state index >= 15 is 0 Å². The second-order valence-corrected chi connectivity index (χ2v) is 12.1.